The molecule has 1 rings (SSSR count). The number of imidazole rings is 1. The van der Waals surface area contributed by atoms with Gasteiger partial charge in [0.25, 0.3) is 0 Å². The Morgan fingerprint density at radius 1 is 1.53 bits per heavy atom. The van der Waals surface area contributed by atoms with Crippen molar-refractivity contribution >= 4 is 0 Å². The van der Waals surface area contributed by atoms with Crippen molar-refractivity contribution < 1.29 is 0 Å². The second kappa shape index (κ2) is 6.20. The highest BCUT2D eigenvalue weighted by molar-refractivity contribution is 4.88. The van der Waals surface area contributed by atoms with Gasteiger partial charge in [0.1, 0.15) is 5.82 Å². The first-order valence-electron chi connectivity index (χ1n) is 5.35. The fourth-order valence-corrected chi connectivity index (χ4v) is 1.53. The van der Waals surface area contributed by atoms with Crippen molar-refractivity contribution in [2.24, 2.45) is 0 Å². The number of nitrogens with zero attached hydrogens (tertiary/aromatic N) is 4. The second-order valence-electron chi connectivity index (χ2n) is 3.51. The molecule has 4 nitrogen and oxygen atoms in total. The van der Waals surface area contributed by atoms with Gasteiger partial charge >= 0.3 is 0 Å². The Kier molecular flexibility index (Phi) is 4.85. The Morgan fingerprint density at radius 3 is 2.87 bits per heavy atom. The van der Waals surface area contributed by atoms with Crippen LogP contribution in [0.1, 0.15) is 19.2 Å². The third-order valence-electron chi connectivity index (χ3n) is 2.57. The van der Waals surface area contributed by atoms with Crippen LogP contribution >= 0.6 is 0 Å². The van der Waals surface area contributed by atoms with Crippen LogP contribution in [-0.2, 0) is 6.54 Å². The minimum absolute atomic E-state index is 0.608. The summed E-state index contributed by atoms with van der Waals surface area (Å²) >= 11 is 0. The molecule has 4 heteroatoms. The number of hydrogen-bond donors (Lipinski definition) is 0. The van der Waals surface area contributed by atoms with E-state index in [0.29, 0.717) is 6.42 Å². The first kappa shape index (κ1) is 11.7. The zero-order valence-electron chi connectivity index (χ0n) is 9.48. The molecule has 0 amide bonds. The van der Waals surface area contributed by atoms with Gasteiger partial charge in [0, 0.05) is 38.4 Å². The molecular weight excluding hydrogens is 188 g/mol. The van der Waals surface area contributed by atoms with Crippen LogP contribution in [0.2, 0.25) is 0 Å². The number of aromatic nitrogens is 2. The fraction of sp³-hybridized carbons (Fsp3) is 0.636. The Labute approximate surface area is 91.1 Å². The highest BCUT2D eigenvalue weighted by atomic mass is 15.2. The molecule has 0 spiro atoms. The lowest BCUT2D eigenvalue weighted by Gasteiger charge is -2.19. The zero-order chi connectivity index (χ0) is 11.1. The highest BCUT2D eigenvalue weighted by Gasteiger charge is 2.02. The molecule has 0 aliphatic carbocycles. The number of nitriles is 1. The molecule has 0 aliphatic heterocycles. The first-order chi connectivity index (χ1) is 7.27. The molecule has 0 fully saturated rings. The van der Waals surface area contributed by atoms with Gasteiger partial charge < -0.3 is 9.47 Å². The molecule has 0 N–H and O–H groups in total. The normalized spacial score (nSPS) is 10.5. The van der Waals surface area contributed by atoms with E-state index >= 15 is 0 Å². The number of rotatable bonds is 6. The molecule has 0 aliphatic rings. The van der Waals surface area contributed by atoms with Gasteiger partial charge in [0.15, 0.2) is 0 Å². The van der Waals surface area contributed by atoms with Gasteiger partial charge in [-0.05, 0) is 13.5 Å². The van der Waals surface area contributed by atoms with Crippen molar-refractivity contribution in [1.29, 1.82) is 5.26 Å². The van der Waals surface area contributed by atoms with Crippen LogP contribution in [0.3, 0.4) is 0 Å². The van der Waals surface area contributed by atoms with Crippen molar-refractivity contribution in [3.8, 4) is 6.07 Å². The average Bonchev–Trinajstić information content (AvgIpc) is 2.65. The monoisotopic (exact) mass is 206 g/mol. The minimum Gasteiger partial charge on any atom is -0.334 e. The Balaban J connectivity index is 2.35. The molecule has 1 heterocycles. The fourth-order valence-electron chi connectivity index (χ4n) is 1.53. The predicted octanol–water partition coefficient (Wildman–Crippen LogP) is 1.43. The Morgan fingerprint density at radius 2 is 2.33 bits per heavy atom. The first-order valence-corrected chi connectivity index (χ1v) is 5.35. The molecule has 1 aromatic rings. The molecule has 0 aromatic carbocycles. The van der Waals surface area contributed by atoms with E-state index in [1.54, 1.807) is 0 Å². The SMILES string of the molecule is CCN(CCC#N)CCn1ccnc1C. The molecule has 1 aromatic heterocycles. The van der Waals surface area contributed by atoms with Gasteiger partial charge in [-0.25, -0.2) is 4.98 Å². The van der Waals surface area contributed by atoms with Gasteiger partial charge in [-0.2, -0.15) is 5.26 Å². The summed E-state index contributed by atoms with van der Waals surface area (Å²) in [5.74, 6) is 1.05. The molecule has 15 heavy (non-hydrogen) atoms. The van der Waals surface area contributed by atoms with Crippen molar-refractivity contribution in [2.45, 2.75) is 26.8 Å². The van der Waals surface area contributed by atoms with Crippen LogP contribution in [0.15, 0.2) is 12.4 Å². The second-order valence-corrected chi connectivity index (χ2v) is 3.51. The summed E-state index contributed by atoms with van der Waals surface area (Å²) in [5, 5.41) is 8.52. The maximum absolute atomic E-state index is 8.52. The Bertz CT molecular complexity index is 324. The highest BCUT2D eigenvalue weighted by Crippen LogP contribution is 1.97. The molecular formula is C11H18N4. The molecule has 0 atom stereocenters. The van der Waals surface area contributed by atoms with E-state index in [1.165, 1.54) is 0 Å². The Hall–Kier alpha value is -1.34. The summed E-state index contributed by atoms with van der Waals surface area (Å²) < 4.78 is 2.13. The van der Waals surface area contributed by atoms with E-state index in [2.05, 4.69) is 27.4 Å². The number of hydrogen-bond acceptors (Lipinski definition) is 3. The zero-order valence-corrected chi connectivity index (χ0v) is 9.48. The third-order valence-corrected chi connectivity index (χ3v) is 2.57. The lowest BCUT2D eigenvalue weighted by molar-refractivity contribution is 0.281. The van der Waals surface area contributed by atoms with Crippen LogP contribution in [0, 0.1) is 18.3 Å². The molecule has 82 valence electrons. The summed E-state index contributed by atoms with van der Waals surface area (Å²) in [6.45, 7) is 7.92. The number of likely N-dealkylation sites (N-methyl/N-ethyl adjacent to an activating group) is 1. The van der Waals surface area contributed by atoms with Crippen molar-refractivity contribution in [2.75, 3.05) is 19.6 Å². The standard InChI is InChI=1S/C11H18N4/c1-3-14(7-4-5-12)9-10-15-8-6-13-11(15)2/h6,8H,3-4,7,9-10H2,1-2H3. The van der Waals surface area contributed by atoms with Gasteiger partial charge in [-0.15, -0.1) is 0 Å². The average molecular weight is 206 g/mol. The van der Waals surface area contributed by atoms with Crippen LogP contribution < -0.4 is 0 Å². The van der Waals surface area contributed by atoms with Gasteiger partial charge in [0.2, 0.25) is 0 Å². The van der Waals surface area contributed by atoms with Gasteiger partial charge in [0.05, 0.1) is 6.07 Å². The van der Waals surface area contributed by atoms with Crippen LogP contribution in [0.25, 0.3) is 0 Å². The summed E-state index contributed by atoms with van der Waals surface area (Å²) in [5.41, 5.74) is 0. The molecule has 0 saturated carbocycles. The summed E-state index contributed by atoms with van der Waals surface area (Å²) in [6, 6.07) is 2.18. The van der Waals surface area contributed by atoms with Crippen molar-refractivity contribution in [1.82, 2.24) is 14.5 Å². The molecule has 0 bridgehead atoms. The van der Waals surface area contributed by atoms with Crippen LogP contribution in [-0.4, -0.2) is 34.1 Å². The lowest BCUT2D eigenvalue weighted by atomic mass is 10.4. The molecule has 0 saturated heterocycles. The lowest BCUT2D eigenvalue weighted by Crippen LogP contribution is -2.28. The van der Waals surface area contributed by atoms with Crippen molar-refractivity contribution in [3.05, 3.63) is 18.2 Å². The van der Waals surface area contributed by atoms with E-state index in [4.69, 9.17) is 5.26 Å². The van der Waals surface area contributed by atoms with E-state index in [1.807, 2.05) is 19.3 Å². The summed E-state index contributed by atoms with van der Waals surface area (Å²) in [4.78, 5) is 6.46. The maximum Gasteiger partial charge on any atom is 0.105 e. The smallest absolute Gasteiger partial charge is 0.105 e. The van der Waals surface area contributed by atoms with Crippen molar-refractivity contribution in [3.63, 3.8) is 0 Å². The van der Waals surface area contributed by atoms with E-state index in [9.17, 15) is 0 Å². The predicted molar refractivity (Wildman–Crippen MR) is 59.3 cm³/mol. The largest absolute Gasteiger partial charge is 0.334 e. The van der Waals surface area contributed by atoms with Gasteiger partial charge in [-0.1, -0.05) is 6.92 Å². The summed E-state index contributed by atoms with van der Waals surface area (Å²) in [6.07, 6.45) is 4.42. The van der Waals surface area contributed by atoms with Gasteiger partial charge in [-0.3, -0.25) is 0 Å². The minimum atomic E-state index is 0.608. The number of aryl methyl sites for hydroxylation is 1. The maximum atomic E-state index is 8.52. The quantitative estimate of drug-likeness (QED) is 0.707. The molecule has 0 unspecified atom stereocenters. The van der Waals surface area contributed by atoms with Crippen LogP contribution in [0.5, 0.6) is 0 Å². The third kappa shape index (κ3) is 3.72. The topological polar surface area (TPSA) is 44.9 Å². The molecule has 0 radical (unpaired) electrons. The summed E-state index contributed by atoms with van der Waals surface area (Å²) in [7, 11) is 0. The van der Waals surface area contributed by atoms with Crippen LogP contribution in [0.4, 0.5) is 0 Å². The van der Waals surface area contributed by atoms with E-state index in [0.717, 1.165) is 32.0 Å². The van der Waals surface area contributed by atoms with E-state index in [-0.39, 0.29) is 0 Å². The van der Waals surface area contributed by atoms with E-state index < -0.39 is 0 Å².